The fourth-order valence-electron chi connectivity index (χ4n) is 4.25. The Morgan fingerprint density at radius 1 is 1.00 bits per heavy atom. The maximum atomic E-state index is 13.6. The number of nitrogens with zero attached hydrogens (tertiary/aromatic N) is 1. The SMILES string of the molecule is COc1ccc2c(c1)[C@@H](Nc1ccc3c(NS(=O)(=O)c4cc(F)c(F)c(F)c4)cccc3n1)CC2. The maximum Gasteiger partial charge on any atom is 0.262 e. The van der Waals surface area contributed by atoms with Crippen LogP contribution in [0.1, 0.15) is 23.6 Å². The Morgan fingerprint density at radius 2 is 1.77 bits per heavy atom. The van der Waals surface area contributed by atoms with Crippen LogP contribution in [-0.2, 0) is 16.4 Å². The van der Waals surface area contributed by atoms with Crippen molar-refractivity contribution >= 4 is 32.4 Å². The monoisotopic (exact) mass is 499 g/mol. The van der Waals surface area contributed by atoms with Gasteiger partial charge in [0.15, 0.2) is 17.5 Å². The number of hydrogen-bond donors (Lipinski definition) is 2. The molecule has 3 aromatic carbocycles. The van der Waals surface area contributed by atoms with Crippen LogP contribution in [0.25, 0.3) is 10.9 Å². The molecule has 4 aromatic rings. The number of hydrogen-bond acceptors (Lipinski definition) is 5. The van der Waals surface area contributed by atoms with Gasteiger partial charge in [-0.15, -0.1) is 0 Å². The zero-order valence-electron chi connectivity index (χ0n) is 18.5. The molecular weight excluding hydrogens is 479 g/mol. The minimum absolute atomic E-state index is 0.0509. The lowest BCUT2D eigenvalue weighted by atomic mass is 10.1. The maximum absolute atomic E-state index is 13.6. The summed E-state index contributed by atoms with van der Waals surface area (Å²) in [5.41, 5.74) is 3.07. The van der Waals surface area contributed by atoms with Crippen LogP contribution in [0.4, 0.5) is 24.7 Å². The van der Waals surface area contributed by atoms with E-state index >= 15 is 0 Å². The molecule has 0 aliphatic heterocycles. The van der Waals surface area contributed by atoms with Crippen molar-refractivity contribution in [3.8, 4) is 5.75 Å². The summed E-state index contributed by atoms with van der Waals surface area (Å²) < 4.78 is 73.5. The first-order chi connectivity index (χ1) is 16.7. The zero-order chi connectivity index (χ0) is 24.7. The molecule has 5 rings (SSSR count). The third-order valence-corrected chi connectivity index (χ3v) is 7.34. The molecule has 1 aliphatic rings. The molecule has 35 heavy (non-hydrogen) atoms. The standard InChI is InChI=1S/C25H20F3N3O3S/c1-34-15-7-5-14-6-9-22(18(14)11-15)30-24-10-8-17-21(29-24)3-2-4-23(17)31-35(32,33)16-12-19(26)25(28)20(27)13-16/h2-5,7-8,10-13,22,31H,6,9H2,1H3,(H,29,30)/t22-/m0/s1. The first kappa shape index (κ1) is 23.0. The zero-order valence-corrected chi connectivity index (χ0v) is 19.3. The molecule has 1 atom stereocenters. The fourth-order valence-corrected chi connectivity index (χ4v) is 5.35. The Bertz CT molecular complexity index is 1540. The van der Waals surface area contributed by atoms with Crippen LogP contribution in [0.3, 0.4) is 0 Å². The van der Waals surface area contributed by atoms with E-state index in [1.807, 2.05) is 12.1 Å². The molecule has 0 saturated heterocycles. The van der Waals surface area contributed by atoms with Crippen LogP contribution in [0.15, 0.2) is 65.6 Å². The van der Waals surface area contributed by atoms with Gasteiger partial charge < -0.3 is 10.1 Å². The summed E-state index contributed by atoms with van der Waals surface area (Å²) in [4.78, 5) is 3.88. The number of methoxy groups -OCH3 is 1. The number of pyridine rings is 1. The Kier molecular flexibility index (Phi) is 5.76. The summed E-state index contributed by atoms with van der Waals surface area (Å²) in [7, 11) is -2.76. The van der Waals surface area contributed by atoms with E-state index in [1.54, 1.807) is 31.4 Å². The van der Waals surface area contributed by atoms with Gasteiger partial charge in [0.2, 0.25) is 0 Å². The van der Waals surface area contributed by atoms with Crippen LogP contribution in [-0.4, -0.2) is 20.5 Å². The normalized spacial score (nSPS) is 15.1. The van der Waals surface area contributed by atoms with Gasteiger partial charge in [-0.3, -0.25) is 4.72 Å². The molecule has 0 saturated carbocycles. The van der Waals surface area contributed by atoms with Crippen molar-refractivity contribution in [2.75, 3.05) is 17.1 Å². The second-order valence-electron chi connectivity index (χ2n) is 8.18. The van der Waals surface area contributed by atoms with Crippen molar-refractivity contribution in [2.24, 2.45) is 0 Å². The molecule has 0 unspecified atom stereocenters. The van der Waals surface area contributed by atoms with E-state index in [0.717, 1.165) is 24.2 Å². The second-order valence-corrected chi connectivity index (χ2v) is 9.86. The van der Waals surface area contributed by atoms with Crippen molar-refractivity contribution in [3.05, 3.63) is 89.2 Å². The minimum Gasteiger partial charge on any atom is -0.497 e. The number of ether oxygens (including phenoxy) is 1. The average Bonchev–Trinajstić information content (AvgIpc) is 3.23. The summed E-state index contributed by atoms with van der Waals surface area (Å²) in [5, 5.41) is 3.91. The second kappa shape index (κ2) is 8.77. The van der Waals surface area contributed by atoms with E-state index in [0.29, 0.717) is 28.9 Å². The number of anilines is 2. The van der Waals surface area contributed by atoms with Crippen LogP contribution < -0.4 is 14.8 Å². The first-order valence-corrected chi connectivity index (χ1v) is 12.2. The van der Waals surface area contributed by atoms with Crippen LogP contribution in [0.5, 0.6) is 5.75 Å². The fraction of sp³-hybridized carbons (Fsp3) is 0.160. The highest BCUT2D eigenvalue weighted by atomic mass is 32.2. The predicted octanol–water partition coefficient (Wildman–Crippen LogP) is 5.56. The number of aryl methyl sites for hydroxylation is 1. The van der Waals surface area contributed by atoms with Gasteiger partial charge in [0.05, 0.1) is 29.3 Å². The Morgan fingerprint density at radius 3 is 2.51 bits per heavy atom. The molecule has 2 N–H and O–H groups in total. The van der Waals surface area contributed by atoms with Gasteiger partial charge in [-0.2, -0.15) is 0 Å². The van der Waals surface area contributed by atoms with E-state index < -0.39 is 32.4 Å². The van der Waals surface area contributed by atoms with E-state index in [4.69, 9.17) is 4.74 Å². The molecule has 0 amide bonds. The van der Waals surface area contributed by atoms with Gasteiger partial charge in [0.25, 0.3) is 10.0 Å². The molecule has 10 heteroatoms. The van der Waals surface area contributed by atoms with Crippen molar-refractivity contribution in [1.82, 2.24) is 4.98 Å². The number of benzene rings is 3. The highest BCUT2D eigenvalue weighted by Crippen LogP contribution is 2.36. The van der Waals surface area contributed by atoms with E-state index in [-0.39, 0.29) is 11.7 Å². The van der Waals surface area contributed by atoms with Crippen molar-refractivity contribution in [1.29, 1.82) is 0 Å². The molecule has 6 nitrogen and oxygen atoms in total. The minimum atomic E-state index is -4.39. The molecule has 1 heterocycles. The lowest BCUT2D eigenvalue weighted by Gasteiger charge is -2.16. The largest absolute Gasteiger partial charge is 0.497 e. The van der Waals surface area contributed by atoms with Crippen LogP contribution >= 0.6 is 0 Å². The lowest BCUT2D eigenvalue weighted by molar-refractivity contribution is 0.414. The van der Waals surface area contributed by atoms with E-state index in [1.165, 1.54) is 11.6 Å². The number of halogens is 3. The molecule has 0 bridgehead atoms. The number of fused-ring (bicyclic) bond motifs is 2. The number of aromatic nitrogens is 1. The smallest absolute Gasteiger partial charge is 0.262 e. The summed E-state index contributed by atoms with van der Waals surface area (Å²) in [6.07, 6.45) is 1.83. The Hall–Kier alpha value is -3.79. The Labute approximate surface area is 199 Å². The molecule has 1 aromatic heterocycles. The highest BCUT2D eigenvalue weighted by Gasteiger charge is 2.24. The molecule has 180 valence electrons. The summed E-state index contributed by atoms with van der Waals surface area (Å²) >= 11 is 0. The van der Waals surface area contributed by atoms with Crippen molar-refractivity contribution in [3.63, 3.8) is 0 Å². The summed E-state index contributed by atoms with van der Waals surface area (Å²) in [6.45, 7) is 0. The molecule has 0 spiro atoms. The van der Waals surface area contributed by atoms with Gasteiger partial charge in [-0.05, 0) is 72.5 Å². The van der Waals surface area contributed by atoms with E-state index in [2.05, 4.69) is 21.1 Å². The quantitative estimate of drug-likeness (QED) is 0.340. The van der Waals surface area contributed by atoms with Gasteiger partial charge in [0, 0.05) is 5.39 Å². The van der Waals surface area contributed by atoms with Gasteiger partial charge >= 0.3 is 0 Å². The average molecular weight is 500 g/mol. The van der Waals surface area contributed by atoms with Gasteiger partial charge in [-0.25, -0.2) is 26.6 Å². The first-order valence-electron chi connectivity index (χ1n) is 10.8. The van der Waals surface area contributed by atoms with Crippen molar-refractivity contribution < 1.29 is 26.3 Å². The molecular formula is C25H20F3N3O3S. The van der Waals surface area contributed by atoms with Crippen LogP contribution in [0, 0.1) is 17.5 Å². The number of rotatable bonds is 6. The van der Waals surface area contributed by atoms with E-state index in [9.17, 15) is 21.6 Å². The third kappa shape index (κ3) is 4.37. The molecule has 0 fully saturated rings. The van der Waals surface area contributed by atoms with Gasteiger partial charge in [-0.1, -0.05) is 12.1 Å². The Balaban J connectivity index is 1.42. The van der Waals surface area contributed by atoms with Gasteiger partial charge in [0.1, 0.15) is 11.6 Å². The number of nitrogens with one attached hydrogen (secondary N) is 2. The molecule has 0 radical (unpaired) electrons. The summed E-state index contributed by atoms with van der Waals surface area (Å²) in [5.74, 6) is -3.53. The highest BCUT2D eigenvalue weighted by molar-refractivity contribution is 7.92. The topological polar surface area (TPSA) is 80.3 Å². The number of sulfonamides is 1. The molecule has 1 aliphatic carbocycles. The van der Waals surface area contributed by atoms with Crippen LogP contribution in [0.2, 0.25) is 0 Å². The lowest BCUT2D eigenvalue weighted by Crippen LogP contribution is -2.14. The summed E-state index contributed by atoms with van der Waals surface area (Å²) in [6, 6.07) is 15.2. The third-order valence-electron chi connectivity index (χ3n) is 6.00. The predicted molar refractivity (Wildman–Crippen MR) is 127 cm³/mol. The van der Waals surface area contributed by atoms with Crippen molar-refractivity contribution in [2.45, 2.75) is 23.8 Å².